The first-order chi connectivity index (χ1) is 6.18. The first kappa shape index (κ1) is 8.31. The molecule has 0 aromatic heterocycles. The van der Waals surface area contributed by atoms with Crippen molar-refractivity contribution >= 4 is 0 Å². The van der Waals surface area contributed by atoms with Crippen molar-refractivity contribution in [1.29, 1.82) is 5.26 Å². The van der Waals surface area contributed by atoms with Gasteiger partial charge in [-0.25, -0.2) is 0 Å². The lowest BCUT2D eigenvalue weighted by molar-refractivity contribution is 0.596. The average molecular weight is 171 g/mol. The van der Waals surface area contributed by atoms with Gasteiger partial charge in [0.25, 0.3) is 0 Å². The molecule has 0 N–H and O–H groups in total. The summed E-state index contributed by atoms with van der Waals surface area (Å²) in [6, 6.07) is 12.7. The van der Waals surface area contributed by atoms with Gasteiger partial charge in [0, 0.05) is 5.92 Å². The molecule has 0 heterocycles. The Bertz CT molecular complexity index is 345. The molecule has 0 aliphatic heterocycles. The van der Waals surface area contributed by atoms with Gasteiger partial charge in [0.15, 0.2) is 0 Å². The number of hydrogen-bond acceptors (Lipinski definition) is 1. The van der Waals surface area contributed by atoms with Crippen LogP contribution in [0, 0.1) is 22.7 Å². The van der Waals surface area contributed by atoms with Crippen LogP contribution in [-0.2, 0) is 0 Å². The quantitative estimate of drug-likeness (QED) is 0.637. The minimum atomic E-state index is 0.177. The first-order valence-corrected chi connectivity index (χ1v) is 4.62. The van der Waals surface area contributed by atoms with Crippen molar-refractivity contribution in [2.45, 2.75) is 19.8 Å². The summed E-state index contributed by atoms with van der Waals surface area (Å²) in [5.74, 6) is 0.647. The van der Waals surface area contributed by atoms with Crippen LogP contribution in [0.4, 0.5) is 0 Å². The standard InChI is InChI=1S/C12H13N/c1-12(2)10(8-13)11(12)9-6-4-3-5-7-9/h3-7,10-11H,1-2H3/t10-,11-/m1/s1. The van der Waals surface area contributed by atoms with Gasteiger partial charge in [0.1, 0.15) is 0 Å². The van der Waals surface area contributed by atoms with Crippen molar-refractivity contribution in [1.82, 2.24) is 0 Å². The predicted molar refractivity (Wildman–Crippen MR) is 52.1 cm³/mol. The minimum absolute atomic E-state index is 0.177. The summed E-state index contributed by atoms with van der Waals surface area (Å²) in [4.78, 5) is 0. The zero-order chi connectivity index (χ0) is 9.47. The van der Waals surface area contributed by atoms with Gasteiger partial charge in [-0.05, 0) is 11.0 Å². The summed E-state index contributed by atoms with van der Waals surface area (Å²) in [6.45, 7) is 4.33. The number of nitrogens with zero attached hydrogens (tertiary/aromatic N) is 1. The zero-order valence-electron chi connectivity index (χ0n) is 7.99. The molecule has 1 fully saturated rings. The molecule has 1 aliphatic carbocycles. The number of nitriles is 1. The third-order valence-corrected chi connectivity index (χ3v) is 3.13. The molecule has 2 atom stereocenters. The Hall–Kier alpha value is -1.29. The maximum Gasteiger partial charge on any atom is 0.0668 e. The number of rotatable bonds is 1. The van der Waals surface area contributed by atoms with Crippen molar-refractivity contribution in [3.05, 3.63) is 35.9 Å². The average Bonchev–Trinajstić information content (AvgIpc) is 2.69. The van der Waals surface area contributed by atoms with Crippen LogP contribution in [0.3, 0.4) is 0 Å². The molecule has 66 valence electrons. The molecular formula is C12H13N. The molecular weight excluding hydrogens is 158 g/mol. The van der Waals surface area contributed by atoms with E-state index in [4.69, 9.17) is 5.26 Å². The van der Waals surface area contributed by atoms with E-state index in [0.29, 0.717) is 5.92 Å². The van der Waals surface area contributed by atoms with Crippen LogP contribution in [0.15, 0.2) is 30.3 Å². The summed E-state index contributed by atoms with van der Waals surface area (Å²) in [5, 5.41) is 8.92. The number of hydrogen-bond donors (Lipinski definition) is 0. The van der Waals surface area contributed by atoms with E-state index in [0.717, 1.165) is 0 Å². The molecule has 1 nitrogen and oxygen atoms in total. The molecule has 13 heavy (non-hydrogen) atoms. The normalized spacial score (nSPS) is 29.3. The highest BCUT2D eigenvalue weighted by molar-refractivity contribution is 5.35. The Balaban J connectivity index is 2.28. The highest BCUT2D eigenvalue weighted by Gasteiger charge is 2.58. The lowest BCUT2D eigenvalue weighted by Gasteiger charge is -2.00. The van der Waals surface area contributed by atoms with Gasteiger partial charge < -0.3 is 0 Å². The zero-order valence-corrected chi connectivity index (χ0v) is 7.99. The fourth-order valence-corrected chi connectivity index (χ4v) is 2.16. The van der Waals surface area contributed by atoms with Crippen LogP contribution in [0.25, 0.3) is 0 Å². The summed E-state index contributed by atoms with van der Waals surface area (Å²) < 4.78 is 0. The molecule has 0 spiro atoms. The monoisotopic (exact) mass is 171 g/mol. The Kier molecular flexibility index (Phi) is 1.66. The summed E-state index contributed by atoms with van der Waals surface area (Å²) >= 11 is 0. The SMILES string of the molecule is CC1(C)[C@H](C#N)[C@H]1c1ccccc1. The molecule has 1 aliphatic rings. The van der Waals surface area contributed by atoms with E-state index in [1.165, 1.54) is 5.56 Å². The second-order valence-corrected chi connectivity index (χ2v) is 4.32. The van der Waals surface area contributed by atoms with Crippen molar-refractivity contribution in [2.75, 3.05) is 0 Å². The van der Waals surface area contributed by atoms with Gasteiger partial charge in [0.2, 0.25) is 0 Å². The van der Waals surface area contributed by atoms with E-state index < -0.39 is 0 Å². The van der Waals surface area contributed by atoms with Crippen molar-refractivity contribution in [3.8, 4) is 6.07 Å². The molecule has 0 bridgehead atoms. The Morgan fingerprint density at radius 1 is 1.23 bits per heavy atom. The van der Waals surface area contributed by atoms with Gasteiger partial charge in [-0.15, -0.1) is 0 Å². The van der Waals surface area contributed by atoms with E-state index in [-0.39, 0.29) is 11.3 Å². The fraction of sp³-hybridized carbons (Fsp3) is 0.417. The summed E-state index contributed by atoms with van der Waals surface area (Å²) in [7, 11) is 0. The molecule has 0 radical (unpaired) electrons. The van der Waals surface area contributed by atoms with E-state index >= 15 is 0 Å². The van der Waals surface area contributed by atoms with Crippen LogP contribution >= 0.6 is 0 Å². The van der Waals surface area contributed by atoms with Crippen LogP contribution in [0.2, 0.25) is 0 Å². The highest BCUT2D eigenvalue weighted by atomic mass is 14.6. The largest absolute Gasteiger partial charge is 0.198 e. The molecule has 2 rings (SSSR count). The second kappa shape index (κ2) is 2.60. The lowest BCUT2D eigenvalue weighted by Crippen LogP contribution is -1.89. The van der Waals surface area contributed by atoms with Crippen molar-refractivity contribution < 1.29 is 0 Å². The van der Waals surface area contributed by atoms with E-state index in [1.807, 2.05) is 18.2 Å². The Morgan fingerprint density at radius 2 is 1.85 bits per heavy atom. The molecule has 1 heteroatoms. The van der Waals surface area contributed by atoms with Gasteiger partial charge in [-0.1, -0.05) is 44.2 Å². The first-order valence-electron chi connectivity index (χ1n) is 4.62. The molecule has 0 amide bonds. The van der Waals surface area contributed by atoms with Crippen LogP contribution in [0.5, 0.6) is 0 Å². The fourth-order valence-electron chi connectivity index (χ4n) is 2.16. The third-order valence-electron chi connectivity index (χ3n) is 3.13. The summed E-state index contributed by atoms with van der Waals surface area (Å²) in [6.07, 6.45) is 0. The predicted octanol–water partition coefficient (Wildman–Crippen LogP) is 2.95. The highest BCUT2D eigenvalue weighted by Crippen LogP contribution is 2.63. The van der Waals surface area contributed by atoms with E-state index in [1.54, 1.807) is 0 Å². The maximum absolute atomic E-state index is 8.92. The van der Waals surface area contributed by atoms with E-state index in [2.05, 4.69) is 32.0 Å². The van der Waals surface area contributed by atoms with E-state index in [9.17, 15) is 0 Å². The Morgan fingerprint density at radius 3 is 2.31 bits per heavy atom. The Labute approximate surface area is 79.0 Å². The smallest absolute Gasteiger partial charge is 0.0668 e. The molecule has 0 saturated heterocycles. The van der Waals surface area contributed by atoms with Gasteiger partial charge in [-0.3, -0.25) is 0 Å². The molecule has 1 saturated carbocycles. The van der Waals surface area contributed by atoms with Crippen molar-refractivity contribution in [3.63, 3.8) is 0 Å². The third kappa shape index (κ3) is 1.14. The molecule has 0 unspecified atom stereocenters. The summed E-state index contributed by atoms with van der Waals surface area (Å²) in [5.41, 5.74) is 1.48. The minimum Gasteiger partial charge on any atom is -0.198 e. The van der Waals surface area contributed by atoms with Gasteiger partial charge >= 0.3 is 0 Å². The topological polar surface area (TPSA) is 23.8 Å². The molecule has 1 aromatic carbocycles. The van der Waals surface area contributed by atoms with Crippen LogP contribution in [-0.4, -0.2) is 0 Å². The van der Waals surface area contributed by atoms with Crippen LogP contribution in [0.1, 0.15) is 25.3 Å². The van der Waals surface area contributed by atoms with Gasteiger partial charge in [-0.2, -0.15) is 5.26 Å². The number of benzene rings is 1. The molecule has 1 aromatic rings. The maximum atomic E-state index is 8.92. The van der Waals surface area contributed by atoms with Crippen molar-refractivity contribution in [2.24, 2.45) is 11.3 Å². The second-order valence-electron chi connectivity index (χ2n) is 4.32. The van der Waals surface area contributed by atoms with Crippen LogP contribution < -0.4 is 0 Å². The van der Waals surface area contributed by atoms with Gasteiger partial charge in [0.05, 0.1) is 12.0 Å². The lowest BCUT2D eigenvalue weighted by atomic mass is 10.0.